The van der Waals surface area contributed by atoms with E-state index >= 15 is 0 Å². The van der Waals surface area contributed by atoms with Crippen molar-refractivity contribution in [1.82, 2.24) is 9.97 Å². The number of rotatable bonds is 8. The lowest BCUT2D eigenvalue weighted by Crippen LogP contribution is -2.19. The highest BCUT2D eigenvalue weighted by molar-refractivity contribution is 7.99. The Labute approximate surface area is 105 Å². The van der Waals surface area contributed by atoms with Gasteiger partial charge in [0.2, 0.25) is 0 Å². The summed E-state index contributed by atoms with van der Waals surface area (Å²) < 4.78 is 10.0. The number of hydrogen-bond donors (Lipinski definition) is 2. The number of methoxy groups -OCH3 is 1. The molecule has 0 fully saturated rings. The molecule has 17 heavy (non-hydrogen) atoms. The van der Waals surface area contributed by atoms with E-state index in [2.05, 4.69) is 9.97 Å². The predicted molar refractivity (Wildman–Crippen MR) is 65.9 cm³/mol. The summed E-state index contributed by atoms with van der Waals surface area (Å²) in [5.74, 6) is 0.848. The molecule has 0 radical (unpaired) electrons. The first-order chi connectivity index (χ1) is 8.24. The second-order valence-electron chi connectivity index (χ2n) is 3.28. The van der Waals surface area contributed by atoms with E-state index in [0.717, 1.165) is 0 Å². The summed E-state index contributed by atoms with van der Waals surface area (Å²) >= 11 is 1.36. The van der Waals surface area contributed by atoms with Crippen LogP contribution in [0.3, 0.4) is 0 Å². The molecule has 1 rings (SSSR count). The van der Waals surface area contributed by atoms with Crippen LogP contribution in [0.15, 0.2) is 17.4 Å². The van der Waals surface area contributed by atoms with Gasteiger partial charge in [-0.05, 0) is 0 Å². The van der Waals surface area contributed by atoms with Crippen LogP contribution in [0.2, 0.25) is 0 Å². The molecule has 7 heteroatoms. The van der Waals surface area contributed by atoms with Gasteiger partial charge >= 0.3 is 0 Å². The molecular weight excluding hydrogens is 242 g/mol. The minimum absolute atomic E-state index is 0.274. The van der Waals surface area contributed by atoms with Crippen molar-refractivity contribution in [3.63, 3.8) is 0 Å². The number of nitrogens with zero attached hydrogens (tertiary/aromatic N) is 2. The first-order valence-electron chi connectivity index (χ1n) is 5.18. The van der Waals surface area contributed by atoms with Gasteiger partial charge in [-0.15, -0.1) is 0 Å². The van der Waals surface area contributed by atoms with Gasteiger partial charge in [0.1, 0.15) is 5.03 Å². The summed E-state index contributed by atoms with van der Waals surface area (Å²) in [6.07, 6.45) is 2.54. The highest BCUT2D eigenvalue weighted by Gasteiger charge is 2.08. The van der Waals surface area contributed by atoms with Gasteiger partial charge in [-0.25, -0.2) is 9.97 Å². The zero-order valence-electron chi connectivity index (χ0n) is 9.70. The molecule has 6 nitrogen and oxygen atoms in total. The number of aliphatic hydroxyl groups excluding tert-OH is 1. The SMILES string of the molecule is COCCOCC(O)CSc1nccnc1N. The largest absolute Gasteiger partial charge is 0.390 e. The molecule has 1 heterocycles. The molecule has 3 N–H and O–H groups in total. The fourth-order valence-electron chi connectivity index (χ4n) is 1.03. The van der Waals surface area contributed by atoms with Crippen LogP contribution in [-0.4, -0.2) is 53.9 Å². The average Bonchev–Trinajstić information content (AvgIpc) is 2.34. The molecule has 0 spiro atoms. The number of aliphatic hydroxyl groups is 1. The Balaban J connectivity index is 2.19. The third kappa shape index (κ3) is 5.83. The monoisotopic (exact) mass is 259 g/mol. The maximum absolute atomic E-state index is 9.63. The summed E-state index contributed by atoms with van der Waals surface area (Å²) in [6.45, 7) is 1.28. The Morgan fingerprint density at radius 3 is 2.88 bits per heavy atom. The number of nitrogen functional groups attached to an aromatic ring is 1. The molecule has 0 saturated heterocycles. The molecule has 0 amide bonds. The lowest BCUT2D eigenvalue weighted by molar-refractivity contribution is 0.0218. The molecule has 0 saturated carbocycles. The van der Waals surface area contributed by atoms with Crippen molar-refractivity contribution in [3.8, 4) is 0 Å². The molecule has 0 bridgehead atoms. The minimum Gasteiger partial charge on any atom is -0.390 e. The highest BCUT2D eigenvalue weighted by atomic mass is 32.2. The normalized spacial score (nSPS) is 12.6. The van der Waals surface area contributed by atoms with Gasteiger partial charge in [0.25, 0.3) is 0 Å². The van der Waals surface area contributed by atoms with Crippen molar-refractivity contribution in [2.45, 2.75) is 11.1 Å². The summed E-state index contributed by atoms with van der Waals surface area (Å²) in [5, 5.41) is 10.3. The maximum Gasteiger partial charge on any atom is 0.156 e. The second kappa shape index (κ2) is 8.24. The number of hydrogen-bond acceptors (Lipinski definition) is 7. The van der Waals surface area contributed by atoms with E-state index in [-0.39, 0.29) is 6.61 Å². The first kappa shape index (κ1) is 14.2. The molecule has 0 aliphatic heterocycles. The lowest BCUT2D eigenvalue weighted by Gasteiger charge is -2.10. The molecular formula is C10H17N3O3S. The van der Waals surface area contributed by atoms with Crippen LogP contribution < -0.4 is 5.73 Å². The second-order valence-corrected chi connectivity index (χ2v) is 4.29. The zero-order valence-corrected chi connectivity index (χ0v) is 10.5. The van der Waals surface area contributed by atoms with Crippen molar-refractivity contribution in [2.75, 3.05) is 38.4 Å². The van der Waals surface area contributed by atoms with Crippen molar-refractivity contribution in [2.24, 2.45) is 0 Å². The van der Waals surface area contributed by atoms with Crippen LogP contribution in [0.25, 0.3) is 0 Å². The van der Waals surface area contributed by atoms with Gasteiger partial charge in [-0.1, -0.05) is 11.8 Å². The number of ether oxygens (including phenoxy) is 2. The van der Waals surface area contributed by atoms with E-state index in [4.69, 9.17) is 15.2 Å². The van der Waals surface area contributed by atoms with Gasteiger partial charge in [0.15, 0.2) is 5.82 Å². The quantitative estimate of drug-likeness (QED) is 0.508. The van der Waals surface area contributed by atoms with Crippen molar-refractivity contribution in [3.05, 3.63) is 12.4 Å². The standard InChI is InChI=1S/C10H17N3O3S/c1-15-4-5-16-6-8(14)7-17-10-9(11)12-2-3-13-10/h2-3,8,14H,4-7H2,1H3,(H2,11,12). The molecule has 1 atom stereocenters. The Morgan fingerprint density at radius 2 is 2.18 bits per heavy atom. The Bertz CT molecular complexity index is 327. The van der Waals surface area contributed by atoms with E-state index in [0.29, 0.717) is 29.8 Å². The number of anilines is 1. The molecule has 0 aromatic carbocycles. The summed E-state index contributed by atoms with van der Waals surface area (Å²) in [7, 11) is 1.60. The van der Waals surface area contributed by atoms with Crippen LogP contribution in [-0.2, 0) is 9.47 Å². The van der Waals surface area contributed by atoms with E-state index < -0.39 is 6.10 Å². The summed E-state index contributed by atoms with van der Waals surface area (Å²) in [5.41, 5.74) is 5.62. The maximum atomic E-state index is 9.63. The van der Waals surface area contributed by atoms with Crippen molar-refractivity contribution >= 4 is 17.6 Å². The Kier molecular flexibility index (Phi) is 6.87. The smallest absolute Gasteiger partial charge is 0.156 e. The van der Waals surface area contributed by atoms with Gasteiger partial charge in [0, 0.05) is 25.3 Å². The fraction of sp³-hybridized carbons (Fsp3) is 0.600. The highest BCUT2D eigenvalue weighted by Crippen LogP contribution is 2.20. The molecule has 1 aromatic heterocycles. The van der Waals surface area contributed by atoms with E-state index in [1.165, 1.54) is 18.0 Å². The molecule has 96 valence electrons. The topological polar surface area (TPSA) is 90.5 Å². The van der Waals surface area contributed by atoms with Crippen molar-refractivity contribution < 1.29 is 14.6 Å². The predicted octanol–water partition coefficient (Wildman–Crippen LogP) is 0.175. The number of thioether (sulfide) groups is 1. The van der Waals surface area contributed by atoms with Crippen molar-refractivity contribution in [1.29, 1.82) is 0 Å². The van der Waals surface area contributed by atoms with Gasteiger partial charge in [0.05, 0.1) is 25.9 Å². The van der Waals surface area contributed by atoms with Crippen LogP contribution in [0.1, 0.15) is 0 Å². The molecule has 1 aromatic rings. The van der Waals surface area contributed by atoms with Crippen LogP contribution >= 0.6 is 11.8 Å². The van der Waals surface area contributed by atoms with E-state index in [1.807, 2.05) is 0 Å². The van der Waals surface area contributed by atoms with E-state index in [9.17, 15) is 5.11 Å². The van der Waals surface area contributed by atoms with Crippen LogP contribution in [0.4, 0.5) is 5.82 Å². The summed E-state index contributed by atoms with van der Waals surface area (Å²) in [6, 6.07) is 0. The summed E-state index contributed by atoms with van der Waals surface area (Å²) in [4.78, 5) is 7.97. The Morgan fingerprint density at radius 1 is 1.41 bits per heavy atom. The van der Waals surface area contributed by atoms with Gasteiger partial charge < -0.3 is 20.3 Å². The Hall–Kier alpha value is -0.890. The fourth-order valence-corrected chi connectivity index (χ4v) is 1.81. The minimum atomic E-state index is -0.557. The average molecular weight is 259 g/mol. The zero-order chi connectivity index (χ0) is 12.5. The number of aromatic nitrogens is 2. The molecule has 1 unspecified atom stereocenters. The van der Waals surface area contributed by atoms with Crippen LogP contribution in [0, 0.1) is 0 Å². The van der Waals surface area contributed by atoms with Gasteiger partial charge in [-0.3, -0.25) is 0 Å². The van der Waals surface area contributed by atoms with E-state index in [1.54, 1.807) is 13.3 Å². The molecule has 0 aliphatic rings. The van der Waals surface area contributed by atoms with Gasteiger partial charge in [-0.2, -0.15) is 0 Å². The molecule has 0 aliphatic carbocycles. The third-order valence-corrected chi connectivity index (χ3v) is 2.99. The van der Waals surface area contributed by atoms with Crippen LogP contribution in [0.5, 0.6) is 0 Å². The number of nitrogens with two attached hydrogens (primary N) is 1. The third-order valence-electron chi connectivity index (χ3n) is 1.85. The first-order valence-corrected chi connectivity index (χ1v) is 6.16. The lowest BCUT2D eigenvalue weighted by atomic mass is 10.4.